The first-order chi connectivity index (χ1) is 15.2. The van der Waals surface area contributed by atoms with E-state index in [1.54, 1.807) is 27.7 Å². The Labute approximate surface area is 178 Å². The molecule has 0 radical (unpaired) electrons. The molecule has 5 rings (SSSR count). The summed E-state index contributed by atoms with van der Waals surface area (Å²) >= 11 is 0. The van der Waals surface area contributed by atoms with Gasteiger partial charge in [-0.15, -0.1) is 0 Å². The lowest BCUT2D eigenvalue weighted by molar-refractivity contribution is 0.171. The molecule has 160 valence electrons. The van der Waals surface area contributed by atoms with E-state index >= 15 is 0 Å². The van der Waals surface area contributed by atoms with Gasteiger partial charge in [-0.25, -0.2) is 14.3 Å². The van der Waals surface area contributed by atoms with Crippen molar-refractivity contribution in [3.8, 4) is 11.5 Å². The number of ether oxygens (including phenoxy) is 2. The molecule has 3 aromatic rings. The molecule has 0 atom stereocenters. The number of urea groups is 1. The summed E-state index contributed by atoms with van der Waals surface area (Å²) in [7, 11) is 0. The van der Waals surface area contributed by atoms with Gasteiger partial charge in [-0.1, -0.05) is 30.3 Å². The minimum atomic E-state index is -0.216. The van der Waals surface area contributed by atoms with Crippen molar-refractivity contribution in [2.75, 3.05) is 31.6 Å². The van der Waals surface area contributed by atoms with E-state index in [0.29, 0.717) is 68.8 Å². The predicted molar refractivity (Wildman–Crippen MR) is 114 cm³/mol. The molecule has 2 amide bonds. The molecule has 0 aliphatic carbocycles. The van der Waals surface area contributed by atoms with Crippen LogP contribution in [0.5, 0.6) is 11.5 Å². The lowest BCUT2D eigenvalue weighted by atomic mass is 10.2. The van der Waals surface area contributed by atoms with E-state index in [1.807, 2.05) is 30.3 Å². The van der Waals surface area contributed by atoms with Gasteiger partial charge in [-0.2, -0.15) is 5.10 Å². The first-order valence-corrected chi connectivity index (χ1v) is 10.3. The molecule has 0 saturated carbocycles. The maximum atomic E-state index is 12.8. The number of anilines is 1. The highest BCUT2D eigenvalue weighted by atomic mass is 16.6. The van der Waals surface area contributed by atoms with Crippen molar-refractivity contribution in [3.05, 3.63) is 70.4 Å². The summed E-state index contributed by atoms with van der Waals surface area (Å²) in [5, 5.41) is 7.42. The Bertz CT molecular complexity index is 1150. The number of amides is 2. The number of benzene rings is 2. The van der Waals surface area contributed by atoms with Gasteiger partial charge in [-0.05, 0) is 17.7 Å². The van der Waals surface area contributed by atoms with Gasteiger partial charge in [0.2, 0.25) is 0 Å². The van der Waals surface area contributed by atoms with E-state index in [1.165, 1.54) is 4.68 Å². The standard InChI is InChI=1S/C22H23N5O4/c28-21(23-17-6-7-18-19(14-17)31-13-12-30-18)25-9-8-20-24-27(22(29)26(20)11-10-25)15-16-4-2-1-3-5-16/h1-7,14H,8-13,15H2,(H,23,28). The molecule has 2 aliphatic rings. The number of rotatable bonds is 3. The normalized spacial score (nSPS) is 15.2. The Balaban J connectivity index is 1.25. The maximum Gasteiger partial charge on any atom is 0.346 e. The molecule has 2 aromatic carbocycles. The van der Waals surface area contributed by atoms with Crippen molar-refractivity contribution in [2.24, 2.45) is 0 Å². The molecular weight excluding hydrogens is 398 g/mol. The first kappa shape index (κ1) is 19.2. The third kappa shape index (κ3) is 3.98. The van der Waals surface area contributed by atoms with Crippen LogP contribution in [0.25, 0.3) is 0 Å². The zero-order chi connectivity index (χ0) is 21.2. The van der Waals surface area contributed by atoms with E-state index in [4.69, 9.17) is 9.47 Å². The number of nitrogens with one attached hydrogen (secondary N) is 1. The molecule has 0 saturated heterocycles. The zero-order valence-electron chi connectivity index (χ0n) is 17.0. The van der Waals surface area contributed by atoms with Gasteiger partial charge in [0.25, 0.3) is 0 Å². The summed E-state index contributed by atoms with van der Waals surface area (Å²) in [6.07, 6.45) is 0.519. The van der Waals surface area contributed by atoms with E-state index in [2.05, 4.69) is 10.4 Å². The molecule has 0 unspecified atom stereocenters. The SMILES string of the molecule is O=C(Nc1ccc2c(c1)OCCO2)N1CCc2nn(Cc3ccccc3)c(=O)n2CC1. The second-order valence-corrected chi connectivity index (χ2v) is 7.52. The molecule has 3 heterocycles. The number of hydrogen-bond acceptors (Lipinski definition) is 5. The van der Waals surface area contributed by atoms with Crippen LogP contribution in [0.4, 0.5) is 10.5 Å². The average Bonchev–Trinajstić information content (AvgIpc) is 2.96. The summed E-state index contributed by atoms with van der Waals surface area (Å²) < 4.78 is 14.2. The number of aromatic nitrogens is 3. The fourth-order valence-electron chi connectivity index (χ4n) is 3.85. The van der Waals surface area contributed by atoms with Crippen molar-refractivity contribution >= 4 is 11.7 Å². The molecule has 0 fully saturated rings. The quantitative estimate of drug-likeness (QED) is 0.698. The Kier molecular flexibility index (Phi) is 5.07. The minimum Gasteiger partial charge on any atom is -0.486 e. The van der Waals surface area contributed by atoms with Crippen LogP contribution in [0, 0.1) is 0 Å². The van der Waals surface area contributed by atoms with Crippen LogP contribution in [-0.4, -0.2) is 51.6 Å². The molecule has 0 spiro atoms. The molecule has 1 aromatic heterocycles. The fraction of sp³-hybridized carbons (Fsp3) is 0.318. The number of nitrogens with zero attached hydrogens (tertiary/aromatic N) is 4. The topological polar surface area (TPSA) is 90.6 Å². The van der Waals surface area contributed by atoms with Crippen molar-refractivity contribution < 1.29 is 14.3 Å². The van der Waals surface area contributed by atoms with Gasteiger partial charge in [0.15, 0.2) is 11.5 Å². The van der Waals surface area contributed by atoms with E-state index in [-0.39, 0.29) is 11.7 Å². The molecule has 9 nitrogen and oxygen atoms in total. The monoisotopic (exact) mass is 421 g/mol. The van der Waals surface area contributed by atoms with Crippen LogP contribution in [0.15, 0.2) is 53.3 Å². The third-order valence-corrected chi connectivity index (χ3v) is 5.45. The second-order valence-electron chi connectivity index (χ2n) is 7.52. The number of fused-ring (bicyclic) bond motifs is 2. The Morgan fingerprint density at radius 1 is 1.00 bits per heavy atom. The molecule has 9 heteroatoms. The van der Waals surface area contributed by atoms with Crippen LogP contribution >= 0.6 is 0 Å². The van der Waals surface area contributed by atoms with Gasteiger partial charge in [0.1, 0.15) is 19.0 Å². The maximum absolute atomic E-state index is 12.8. The lowest BCUT2D eigenvalue weighted by Crippen LogP contribution is -2.38. The Morgan fingerprint density at radius 3 is 2.65 bits per heavy atom. The molecular formula is C22H23N5O4. The molecule has 31 heavy (non-hydrogen) atoms. The van der Waals surface area contributed by atoms with Crippen molar-refractivity contribution in [1.29, 1.82) is 0 Å². The van der Waals surface area contributed by atoms with Crippen LogP contribution in [0.3, 0.4) is 0 Å². The van der Waals surface area contributed by atoms with E-state index < -0.39 is 0 Å². The number of carbonyl (C=O) groups is 1. The highest BCUT2D eigenvalue weighted by molar-refractivity contribution is 5.89. The van der Waals surface area contributed by atoms with Gasteiger partial charge >= 0.3 is 11.7 Å². The highest BCUT2D eigenvalue weighted by Crippen LogP contribution is 2.32. The first-order valence-electron chi connectivity index (χ1n) is 10.3. The van der Waals surface area contributed by atoms with Crippen LogP contribution in [0.2, 0.25) is 0 Å². The summed E-state index contributed by atoms with van der Waals surface area (Å²) in [4.78, 5) is 27.3. The molecule has 0 bridgehead atoms. The number of carbonyl (C=O) groups excluding carboxylic acids is 1. The van der Waals surface area contributed by atoms with Gasteiger partial charge in [0.05, 0.1) is 6.54 Å². The highest BCUT2D eigenvalue weighted by Gasteiger charge is 2.23. The van der Waals surface area contributed by atoms with Gasteiger partial charge < -0.3 is 19.7 Å². The second kappa shape index (κ2) is 8.17. The van der Waals surface area contributed by atoms with Crippen LogP contribution in [0.1, 0.15) is 11.4 Å². The van der Waals surface area contributed by atoms with Gasteiger partial charge in [-0.3, -0.25) is 4.57 Å². The van der Waals surface area contributed by atoms with Crippen molar-refractivity contribution in [2.45, 2.75) is 19.5 Å². The minimum absolute atomic E-state index is 0.145. The summed E-state index contributed by atoms with van der Waals surface area (Å²) in [6.45, 7) is 2.78. The predicted octanol–water partition coefficient (Wildman–Crippen LogP) is 1.95. The molecule has 2 aliphatic heterocycles. The van der Waals surface area contributed by atoms with Gasteiger partial charge in [0, 0.05) is 37.8 Å². The summed E-state index contributed by atoms with van der Waals surface area (Å²) in [5.74, 6) is 2.01. The van der Waals surface area contributed by atoms with Crippen LogP contribution < -0.4 is 20.5 Å². The average molecular weight is 421 g/mol. The Morgan fingerprint density at radius 2 is 1.81 bits per heavy atom. The smallest absolute Gasteiger partial charge is 0.346 e. The zero-order valence-corrected chi connectivity index (χ0v) is 17.0. The third-order valence-electron chi connectivity index (χ3n) is 5.45. The summed E-state index contributed by atoms with van der Waals surface area (Å²) in [6, 6.07) is 14.9. The largest absolute Gasteiger partial charge is 0.486 e. The van der Waals surface area contributed by atoms with E-state index in [9.17, 15) is 9.59 Å². The Hall–Kier alpha value is -3.75. The summed E-state index contributed by atoms with van der Waals surface area (Å²) in [5.41, 5.74) is 1.52. The molecule has 1 N–H and O–H groups in total. The van der Waals surface area contributed by atoms with E-state index in [0.717, 1.165) is 5.56 Å². The van der Waals surface area contributed by atoms with Crippen molar-refractivity contribution in [1.82, 2.24) is 19.2 Å². The van der Waals surface area contributed by atoms with Crippen LogP contribution in [-0.2, 0) is 19.5 Å². The fourth-order valence-corrected chi connectivity index (χ4v) is 3.85. The lowest BCUT2D eigenvalue weighted by Gasteiger charge is -2.22. The van der Waals surface area contributed by atoms with Crippen molar-refractivity contribution in [3.63, 3.8) is 0 Å². The number of hydrogen-bond donors (Lipinski definition) is 1.